The molecule has 1 aromatic rings. The Labute approximate surface area is 126 Å². The lowest BCUT2D eigenvalue weighted by Gasteiger charge is -2.31. The zero-order chi connectivity index (χ0) is 14.9. The van der Waals surface area contributed by atoms with E-state index < -0.39 is 9.84 Å². The van der Waals surface area contributed by atoms with Crippen molar-refractivity contribution < 1.29 is 13.2 Å². The maximum absolute atomic E-state index is 12.4. The van der Waals surface area contributed by atoms with Gasteiger partial charge >= 0.3 is 0 Å². The lowest BCUT2D eigenvalue weighted by atomic mass is 9.96. The molecule has 3 rings (SSSR count). The lowest BCUT2D eigenvalue weighted by Crippen LogP contribution is -2.40. The van der Waals surface area contributed by atoms with Crippen LogP contribution in [0.5, 0.6) is 0 Å². The molecule has 116 valence electrons. The molecule has 0 radical (unpaired) electrons. The largest absolute Gasteiger partial charge is 0.372 e. The number of benzene rings is 1. The first-order chi connectivity index (χ1) is 10.1. The van der Waals surface area contributed by atoms with E-state index in [9.17, 15) is 8.42 Å². The molecule has 0 saturated carbocycles. The van der Waals surface area contributed by atoms with Gasteiger partial charge in [0.15, 0.2) is 9.84 Å². The molecule has 5 heteroatoms. The van der Waals surface area contributed by atoms with E-state index >= 15 is 0 Å². The average Bonchev–Trinajstić information content (AvgIpc) is 2.92. The summed E-state index contributed by atoms with van der Waals surface area (Å²) < 4.78 is 30.3. The Bertz CT molecular complexity index is 612. The molecule has 2 aliphatic rings. The van der Waals surface area contributed by atoms with E-state index in [2.05, 4.69) is 23.5 Å². The minimum Gasteiger partial charge on any atom is -0.372 e. The number of rotatable bonds is 4. The predicted octanol–water partition coefficient (Wildman–Crippen LogP) is 2.33. The van der Waals surface area contributed by atoms with Crippen molar-refractivity contribution in [3.05, 3.63) is 34.9 Å². The third-order valence-corrected chi connectivity index (χ3v) is 6.82. The van der Waals surface area contributed by atoms with E-state index in [1.165, 1.54) is 11.1 Å². The Morgan fingerprint density at radius 3 is 2.86 bits per heavy atom. The van der Waals surface area contributed by atoms with Gasteiger partial charge < -0.3 is 10.1 Å². The molecule has 1 fully saturated rings. The third kappa shape index (κ3) is 3.00. The van der Waals surface area contributed by atoms with Gasteiger partial charge in [0.1, 0.15) is 0 Å². The van der Waals surface area contributed by atoms with Crippen molar-refractivity contribution in [2.75, 3.05) is 12.3 Å². The smallest absolute Gasteiger partial charge is 0.155 e. The highest BCUT2D eigenvalue weighted by atomic mass is 32.2. The zero-order valence-corrected chi connectivity index (χ0v) is 13.3. The molecule has 1 N–H and O–H groups in total. The number of sulfone groups is 1. The number of hydrogen-bond acceptors (Lipinski definition) is 4. The Kier molecular flexibility index (Phi) is 4.33. The summed E-state index contributed by atoms with van der Waals surface area (Å²) in [6.07, 6.45) is 2.56. The highest BCUT2D eigenvalue weighted by molar-refractivity contribution is 7.92. The van der Waals surface area contributed by atoms with Crippen molar-refractivity contribution in [1.82, 2.24) is 5.32 Å². The highest BCUT2D eigenvalue weighted by Gasteiger charge is 2.36. The van der Waals surface area contributed by atoms with Gasteiger partial charge in [-0.2, -0.15) is 0 Å². The predicted molar refractivity (Wildman–Crippen MR) is 82.8 cm³/mol. The lowest BCUT2D eigenvalue weighted by molar-refractivity contribution is 0.134. The molecule has 0 amide bonds. The first kappa shape index (κ1) is 15.0. The summed E-state index contributed by atoms with van der Waals surface area (Å²) in [6.45, 7) is 4.10. The van der Waals surface area contributed by atoms with Crippen LogP contribution in [0.3, 0.4) is 0 Å². The topological polar surface area (TPSA) is 55.4 Å². The van der Waals surface area contributed by atoms with Crippen LogP contribution in [0.1, 0.15) is 48.9 Å². The number of nitrogens with one attached hydrogen (secondary N) is 1. The summed E-state index contributed by atoms with van der Waals surface area (Å²) in [7, 11) is -3.00. The van der Waals surface area contributed by atoms with Crippen LogP contribution in [0.25, 0.3) is 0 Å². The Balaban J connectivity index is 1.94. The Hall–Kier alpha value is -0.910. The van der Waals surface area contributed by atoms with Crippen LogP contribution < -0.4 is 5.32 Å². The van der Waals surface area contributed by atoms with Crippen LogP contribution in [0, 0.1) is 0 Å². The molecule has 0 spiro atoms. The van der Waals surface area contributed by atoms with Crippen molar-refractivity contribution >= 4 is 9.84 Å². The monoisotopic (exact) mass is 309 g/mol. The van der Waals surface area contributed by atoms with E-state index in [1.54, 1.807) is 0 Å². The van der Waals surface area contributed by atoms with Gasteiger partial charge in [0.2, 0.25) is 0 Å². The zero-order valence-electron chi connectivity index (χ0n) is 12.5. The molecule has 4 nitrogen and oxygen atoms in total. The molecule has 2 atom stereocenters. The first-order valence-electron chi connectivity index (χ1n) is 7.76. The van der Waals surface area contributed by atoms with Gasteiger partial charge in [-0.3, -0.25) is 0 Å². The molecule has 0 aliphatic carbocycles. The maximum atomic E-state index is 12.4. The van der Waals surface area contributed by atoms with Gasteiger partial charge in [-0.25, -0.2) is 8.42 Å². The van der Waals surface area contributed by atoms with Crippen LogP contribution in [0.4, 0.5) is 0 Å². The van der Waals surface area contributed by atoms with Crippen molar-refractivity contribution in [2.24, 2.45) is 0 Å². The van der Waals surface area contributed by atoms with Gasteiger partial charge in [0.05, 0.1) is 24.2 Å². The maximum Gasteiger partial charge on any atom is 0.155 e. The van der Waals surface area contributed by atoms with E-state index in [0.717, 1.165) is 31.4 Å². The summed E-state index contributed by atoms with van der Waals surface area (Å²) in [5, 5.41) is 3.10. The molecule has 2 unspecified atom stereocenters. The second-order valence-corrected chi connectivity index (χ2v) is 8.30. The molecule has 1 aromatic carbocycles. The average molecular weight is 309 g/mol. The first-order valence-corrected chi connectivity index (χ1v) is 9.48. The molecular weight excluding hydrogens is 286 g/mol. The normalized spacial score (nSPS) is 25.5. The van der Waals surface area contributed by atoms with Crippen LogP contribution in [-0.2, 0) is 27.8 Å². The molecule has 0 aromatic heterocycles. The van der Waals surface area contributed by atoms with E-state index in [1.807, 2.05) is 6.92 Å². The van der Waals surface area contributed by atoms with Gasteiger partial charge in [-0.1, -0.05) is 31.5 Å². The SMILES string of the molecule is CCNC(c1ccc2c(c1)COC2)C1CCCCS1(=O)=O. The fourth-order valence-electron chi connectivity index (χ4n) is 3.42. The standard InChI is InChI=1S/C16H23NO3S/c1-2-17-16(15-5-3-4-8-21(15,18)19)12-6-7-13-10-20-11-14(13)9-12/h6-7,9,15-17H,2-5,8,10-11H2,1H3. The minimum absolute atomic E-state index is 0.105. The Morgan fingerprint density at radius 2 is 2.10 bits per heavy atom. The number of ether oxygens (including phenoxy) is 1. The highest BCUT2D eigenvalue weighted by Crippen LogP contribution is 2.32. The second-order valence-electron chi connectivity index (χ2n) is 5.96. The fourth-order valence-corrected chi connectivity index (χ4v) is 5.53. The van der Waals surface area contributed by atoms with Crippen LogP contribution in [0.2, 0.25) is 0 Å². The molecule has 2 heterocycles. The number of hydrogen-bond donors (Lipinski definition) is 1. The molecule has 1 saturated heterocycles. The fraction of sp³-hybridized carbons (Fsp3) is 0.625. The third-order valence-electron chi connectivity index (χ3n) is 4.53. The van der Waals surface area contributed by atoms with Crippen molar-refractivity contribution in [2.45, 2.75) is 50.7 Å². The van der Waals surface area contributed by atoms with Gasteiger partial charge in [-0.05, 0) is 36.1 Å². The quantitative estimate of drug-likeness (QED) is 0.927. The van der Waals surface area contributed by atoms with Gasteiger partial charge in [0.25, 0.3) is 0 Å². The summed E-state index contributed by atoms with van der Waals surface area (Å²) >= 11 is 0. The molecule has 2 aliphatic heterocycles. The summed E-state index contributed by atoms with van der Waals surface area (Å²) in [6, 6.07) is 6.16. The minimum atomic E-state index is -3.00. The van der Waals surface area contributed by atoms with Crippen molar-refractivity contribution in [3.8, 4) is 0 Å². The summed E-state index contributed by atoms with van der Waals surface area (Å²) in [5.41, 5.74) is 3.50. The molecular formula is C16H23NO3S. The van der Waals surface area contributed by atoms with E-state index in [4.69, 9.17) is 4.74 Å². The number of fused-ring (bicyclic) bond motifs is 1. The second kappa shape index (κ2) is 6.07. The summed E-state index contributed by atoms with van der Waals surface area (Å²) in [4.78, 5) is 0. The van der Waals surface area contributed by atoms with Crippen molar-refractivity contribution in [1.29, 1.82) is 0 Å². The van der Waals surface area contributed by atoms with Crippen LogP contribution in [0.15, 0.2) is 18.2 Å². The van der Waals surface area contributed by atoms with Crippen LogP contribution in [-0.4, -0.2) is 26.0 Å². The van der Waals surface area contributed by atoms with Gasteiger partial charge in [-0.15, -0.1) is 0 Å². The van der Waals surface area contributed by atoms with Gasteiger partial charge in [0, 0.05) is 6.04 Å². The Morgan fingerprint density at radius 1 is 1.29 bits per heavy atom. The molecule has 21 heavy (non-hydrogen) atoms. The van der Waals surface area contributed by atoms with E-state index in [-0.39, 0.29) is 11.3 Å². The van der Waals surface area contributed by atoms with Crippen LogP contribution >= 0.6 is 0 Å². The molecule has 0 bridgehead atoms. The van der Waals surface area contributed by atoms with Crippen molar-refractivity contribution in [3.63, 3.8) is 0 Å². The summed E-state index contributed by atoms with van der Waals surface area (Å²) in [5.74, 6) is 0.327. The van der Waals surface area contributed by atoms with E-state index in [0.29, 0.717) is 19.0 Å².